The Morgan fingerprint density at radius 3 is 2.47 bits per heavy atom. The van der Waals surface area contributed by atoms with Crippen LogP contribution >= 0.6 is 0 Å². The van der Waals surface area contributed by atoms with Crippen LogP contribution in [0.15, 0.2) is 24.3 Å². The number of hydrogen-bond donors (Lipinski definition) is 0. The molecule has 0 N–H and O–H groups in total. The minimum absolute atomic E-state index is 0.0327. The molecule has 1 aromatic carbocycles. The van der Waals surface area contributed by atoms with Gasteiger partial charge in [-0.2, -0.15) is 0 Å². The molecular weight excluding hydrogens is 234 g/mol. The van der Waals surface area contributed by atoms with Crippen molar-refractivity contribution in [2.45, 2.75) is 39.5 Å². The quantitative estimate of drug-likeness (QED) is 0.756. The van der Waals surface area contributed by atoms with Gasteiger partial charge in [-0.15, -0.1) is 6.42 Å². The summed E-state index contributed by atoms with van der Waals surface area (Å²) in [5.74, 6) is 2.60. The molecule has 1 amide bonds. The molecule has 2 heteroatoms. The van der Waals surface area contributed by atoms with Crippen LogP contribution in [0.2, 0.25) is 0 Å². The Kier molecular flexibility index (Phi) is 5.18. The van der Waals surface area contributed by atoms with Gasteiger partial charge in [-0.25, -0.2) is 0 Å². The van der Waals surface area contributed by atoms with E-state index in [2.05, 4.69) is 26.7 Å². The lowest BCUT2D eigenvalue weighted by molar-refractivity contribution is 0.0774. The first kappa shape index (κ1) is 15.3. The van der Waals surface area contributed by atoms with Crippen LogP contribution in [0.3, 0.4) is 0 Å². The van der Waals surface area contributed by atoms with Gasteiger partial charge in [0.25, 0.3) is 5.91 Å². The predicted molar refractivity (Wildman–Crippen MR) is 80.2 cm³/mol. The van der Waals surface area contributed by atoms with Gasteiger partial charge in [-0.3, -0.25) is 4.79 Å². The summed E-state index contributed by atoms with van der Waals surface area (Å²) in [5.41, 5.74) is 1.78. The zero-order valence-electron chi connectivity index (χ0n) is 12.4. The molecule has 0 aliphatic heterocycles. The molecule has 19 heavy (non-hydrogen) atoms. The van der Waals surface area contributed by atoms with Crippen molar-refractivity contribution >= 4 is 5.91 Å². The second-order valence-electron chi connectivity index (χ2n) is 5.73. The van der Waals surface area contributed by atoms with E-state index in [1.807, 2.05) is 31.2 Å². The summed E-state index contributed by atoms with van der Waals surface area (Å²) >= 11 is 0. The van der Waals surface area contributed by atoms with Gasteiger partial charge in [-0.05, 0) is 23.5 Å². The second kappa shape index (κ2) is 6.43. The number of rotatable bonds is 4. The van der Waals surface area contributed by atoms with Crippen molar-refractivity contribution in [2.24, 2.45) is 0 Å². The van der Waals surface area contributed by atoms with Crippen LogP contribution < -0.4 is 0 Å². The lowest BCUT2D eigenvalue weighted by Gasteiger charge is -2.26. The van der Waals surface area contributed by atoms with Gasteiger partial charge in [0.1, 0.15) is 0 Å². The molecular formula is C17H23NO. The summed E-state index contributed by atoms with van der Waals surface area (Å²) in [6.07, 6.45) is 6.26. The largest absolute Gasteiger partial charge is 0.328 e. The van der Waals surface area contributed by atoms with Crippen LogP contribution in [0.1, 0.15) is 50.0 Å². The van der Waals surface area contributed by atoms with Gasteiger partial charge in [0.15, 0.2) is 0 Å². The topological polar surface area (TPSA) is 20.3 Å². The van der Waals surface area contributed by atoms with Crippen molar-refractivity contribution in [1.29, 1.82) is 0 Å². The predicted octanol–water partition coefficient (Wildman–Crippen LogP) is 3.47. The van der Waals surface area contributed by atoms with Crippen molar-refractivity contribution in [3.63, 3.8) is 0 Å². The smallest absolute Gasteiger partial charge is 0.254 e. The van der Waals surface area contributed by atoms with Crippen LogP contribution in [-0.2, 0) is 5.41 Å². The van der Waals surface area contributed by atoms with E-state index < -0.39 is 0 Å². The van der Waals surface area contributed by atoms with E-state index in [-0.39, 0.29) is 11.3 Å². The maximum atomic E-state index is 12.6. The molecule has 0 bridgehead atoms. The van der Waals surface area contributed by atoms with E-state index in [1.165, 1.54) is 0 Å². The third-order valence-electron chi connectivity index (χ3n) is 3.03. The number of benzene rings is 1. The summed E-state index contributed by atoms with van der Waals surface area (Å²) in [6.45, 7) is 9.46. The number of carbonyl (C=O) groups excluding carboxylic acids is 1. The Balaban J connectivity index is 3.15. The summed E-state index contributed by atoms with van der Waals surface area (Å²) in [5, 5.41) is 0. The molecule has 0 aromatic heterocycles. The highest BCUT2D eigenvalue weighted by molar-refractivity contribution is 5.96. The average Bonchev–Trinajstić information content (AvgIpc) is 2.37. The summed E-state index contributed by atoms with van der Waals surface area (Å²) in [4.78, 5) is 14.4. The molecule has 102 valence electrons. The van der Waals surface area contributed by atoms with Gasteiger partial charge >= 0.3 is 0 Å². The minimum atomic E-state index is -0.0553. The highest BCUT2D eigenvalue weighted by Crippen LogP contribution is 2.26. The number of carbonyl (C=O) groups is 1. The van der Waals surface area contributed by atoms with E-state index >= 15 is 0 Å². The van der Waals surface area contributed by atoms with E-state index in [4.69, 9.17) is 6.42 Å². The number of nitrogens with zero attached hydrogens (tertiary/aromatic N) is 1. The van der Waals surface area contributed by atoms with Gasteiger partial charge in [0.2, 0.25) is 0 Å². The molecule has 0 saturated heterocycles. The second-order valence-corrected chi connectivity index (χ2v) is 5.73. The Morgan fingerprint density at radius 2 is 1.95 bits per heavy atom. The molecule has 0 atom stereocenters. The number of amides is 1. The fraction of sp³-hybridized carbons (Fsp3) is 0.471. The first-order valence-corrected chi connectivity index (χ1v) is 6.74. The number of terminal acetylenes is 1. The maximum absolute atomic E-state index is 12.6. The zero-order chi connectivity index (χ0) is 14.5. The maximum Gasteiger partial charge on any atom is 0.254 e. The Bertz CT molecular complexity index is 477. The molecule has 0 saturated carbocycles. The monoisotopic (exact) mass is 257 g/mol. The van der Waals surface area contributed by atoms with Crippen molar-refractivity contribution in [3.8, 4) is 12.3 Å². The summed E-state index contributed by atoms with van der Waals surface area (Å²) in [7, 11) is 0. The highest BCUT2D eigenvalue weighted by atomic mass is 16.2. The van der Waals surface area contributed by atoms with Crippen molar-refractivity contribution in [2.75, 3.05) is 13.1 Å². The fourth-order valence-corrected chi connectivity index (χ4v) is 2.13. The third kappa shape index (κ3) is 3.86. The SMILES string of the molecule is C#CCN(CCC)C(=O)c1ccccc1C(C)(C)C. The molecule has 0 spiro atoms. The molecule has 0 heterocycles. The molecule has 0 radical (unpaired) electrons. The van der Waals surface area contributed by atoms with Gasteiger partial charge in [0, 0.05) is 12.1 Å². The molecule has 0 aliphatic carbocycles. The van der Waals surface area contributed by atoms with Crippen molar-refractivity contribution in [3.05, 3.63) is 35.4 Å². The van der Waals surface area contributed by atoms with E-state index in [9.17, 15) is 4.79 Å². The Labute approximate surface area is 116 Å². The van der Waals surface area contributed by atoms with Crippen LogP contribution in [0.4, 0.5) is 0 Å². The van der Waals surface area contributed by atoms with E-state index in [0.717, 1.165) is 17.5 Å². The average molecular weight is 257 g/mol. The Hall–Kier alpha value is -1.75. The first-order valence-electron chi connectivity index (χ1n) is 6.74. The minimum Gasteiger partial charge on any atom is -0.328 e. The van der Waals surface area contributed by atoms with E-state index in [1.54, 1.807) is 4.90 Å². The molecule has 0 unspecified atom stereocenters. The molecule has 2 nitrogen and oxygen atoms in total. The summed E-state index contributed by atoms with van der Waals surface area (Å²) in [6, 6.07) is 7.79. The summed E-state index contributed by atoms with van der Waals surface area (Å²) < 4.78 is 0. The van der Waals surface area contributed by atoms with Crippen LogP contribution in [-0.4, -0.2) is 23.9 Å². The van der Waals surface area contributed by atoms with Crippen molar-refractivity contribution < 1.29 is 4.79 Å². The standard InChI is InChI=1S/C17H23NO/c1-6-12-18(13-7-2)16(19)14-10-8-9-11-15(14)17(3,4)5/h1,8-11H,7,12-13H2,2-5H3. The zero-order valence-corrected chi connectivity index (χ0v) is 12.4. The normalized spacial score (nSPS) is 10.9. The fourth-order valence-electron chi connectivity index (χ4n) is 2.13. The lowest BCUT2D eigenvalue weighted by Crippen LogP contribution is -2.33. The van der Waals surface area contributed by atoms with Gasteiger partial charge < -0.3 is 4.90 Å². The van der Waals surface area contributed by atoms with Crippen molar-refractivity contribution in [1.82, 2.24) is 4.90 Å². The first-order chi connectivity index (χ1) is 8.91. The van der Waals surface area contributed by atoms with Crippen LogP contribution in [0.25, 0.3) is 0 Å². The van der Waals surface area contributed by atoms with Gasteiger partial charge in [0.05, 0.1) is 6.54 Å². The molecule has 1 rings (SSSR count). The highest BCUT2D eigenvalue weighted by Gasteiger charge is 2.23. The molecule has 0 aliphatic rings. The van der Waals surface area contributed by atoms with Crippen LogP contribution in [0, 0.1) is 12.3 Å². The van der Waals surface area contributed by atoms with Crippen LogP contribution in [0.5, 0.6) is 0 Å². The Morgan fingerprint density at radius 1 is 1.32 bits per heavy atom. The third-order valence-corrected chi connectivity index (χ3v) is 3.03. The number of hydrogen-bond acceptors (Lipinski definition) is 1. The van der Waals surface area contributed by atoms with E-state index in [0.29, 0.717) is 13.1 Å². The van der Waals surface area contributed by atoms with Gasteiger partial charge in [-0.1, -0.05) is 51.8 Å². The molecule has 0 fully saturated rings. The molecule has 1 aromatic rings. The lowest BCUT2D eigenvalue weighted by atomic mass is 9.83.